The molecule has 1 fully saturated rings. The van der Waals surface area contributed by atoms with Crippen molar-refractivity contribution in [2.75, 3.05) is 19.7 Å². The van der Waals surface area contributed by atoms with Crippen LogP contribution in [-0.2, 0) is 11.2 Å². The first kappa shape index (κ1) is 12.6. The molecule has 102 valence electrons. The number of nitrogens with one attached hydrogen (secondary N) is 2. The third-order valence-electron chi connectivity index (χ3n) is 3.43. The quantitative estimate of drug-likeness (QED) is 0.811. The monoisotopic (exact) mass is 263 g/mol. The third-order valence-corrected chi connectivity index (χ3v) is 3.43. The highest BCUT2D eigenvalue weighted by Crippen LogP contribution is 2.13. The van der Waals surface area contributed by atoms with Crippen LogP contribution in [0.4, 0.5) is 4.39 Å². The topological polar surface area (TPSA) is 49.9 Å². The maximum atomic E-state index is 13.1. The van der Waals surface area contributed by atoms with E-state index in [1.54, 1.807) is 6.07 Å². The minimum absolute atomic E-state index is 0.237. The Hall–Kier alpha value is -1.46. The number of halogens is 1. The fraction of sp³-hybridized carbons (Fsp3) is 0.500. The van der Waals surface area contributed by atoms with E-state index in [9.17, 15) is 4.39 Å². The third kappa shape index (κ3) is 3.11. The summed E-state index contributed by atoms with van der Waals surface area (Å²) in [5.41, 5.74) is 1.57. The van der Waals surface area contributed by atoms with E-state index in [1.165, 1.54) is 18.6 Å². The summed E-state index contributed by atoms with van der Waals surface area (Å²) >= 11 is 0. The summed E-state index contributed by atoms with van der Waals surface area (Å²) < 4.78 is 18.6. The summed E-state index contributed by atoms with van der Waals surface area (Å²) in [6.45, 7) is 2.64. The lowest BCUT2D eigenvalue weighted by Gasteiger charge is -2.09. The van der Waals surface area contributed by atoms with E-state index in [0.717, 1.165) is 49.4 Å². The molecular weight excluding hydrogens is 245 g/mol. The summed E-state index contributed by atoms with van der Waals surface area (Å²) in [7, 11) is 0. The number of H-pyrrole nitrogens is 1. The summed E-state index contributed by atoms with van der Waals surface area (Å²) in [6.07, 6.45) is 3.49. The Balaban J connectivity index is 1.50. The Labute approximate surface area is 111 Å². The van der Waals surface area contributed by atoms with Crippen molar-refractivity contribution in [1.82, 2.24) is 15.3 Å². The fourth-order valence-electron chi connectivity index (χ4n) is 2.43. The van der Waals surface area contributed by atoms with Gasteiger partial charge < -0.3 is 15.0 Å². The molecule has 1 atom stereocenters. The van der Waals surface area contributed by atoms with Crippen molar-refractivity contribution in [3.63, 3.8) is 0 Å². The van der Waals surface area contributed by atoms with Gasteiger partial charge in [-0.3, -0.25) is 0 Å². The van der Waals surface area contributed by atoms with Crippen LogP contribution in [0.25, 0.3) is 11.0 Å². The van der Waals surface area contributed by atoms with Gasteiger partial charge in [0.15, 0.2) is 0 Å². The number of hydrogen-bond donors (Lipinski definition) is 2. The highest BCUT2D eigenvalue weighted by Gasteiger charge is 2.14. The molecule has 1 unspecified atom stereocenters. The number of fused-ring (bicyclic) bond motifs is 1. The van der Waals surface area contributed by atoms with Crippen molar-refractivity contribution in [1.29, 1.82) is 0 Å². The second-order valence-electron chi connectivity index (χ2n) is 4.93. The molecule has 1 aliphatic rings. The lowest BCUT2D eigenvalue weighted by atomic mass is 10.2. The van der Waals surface area contributed by atoms with E-state index in [-0.39, 0.29) is 5.82 Å². The van der Waals surface area contributed by atoms with E-state index < -0.39 is 0 Å². The normalized spacial score (nSPS) is 19.3. The predicted molar refractivity (Wildman–Crippen MR) is 71.6 cm³/mol. The Morgan fingerprint density at radius 1 is 1.47 bits per heavy atom. The van der Waals surface area contributed by atoms with E-state index in [2.05, 4.69) is 15.3 Å². The van der Waals surface area contributed by atoms with Crippen LogP contribution in [-0.4, -0.2) is 35.8 Å². The maximum absolute atomic E-state index is 13.1. The van der Waals surface area contributed by atoms with Crippen LogP contribution in [0.2, 0.25) is 0 Å². The van der Waals surface area contributed by atoms with Crippen molar-refractivity contribution in [2.24, 2.45) is 0 Å². The van der Waals surface area contributed by atoms with Gasteiger partial charge in [0.1, 0.15) is 11.6 Å². The van der Waals surface area contributed by atoms with E-state index >= 15 is 0 Å². The van der Waals surface area contributed by atoms with Crippen LogP contribution in [0, 0.1) is 5.82 Å². The van der Waals surface area contributed by atoms with Gasteiger partial charge in [-0.25, -0.2) is 9.37 Å². The first-order valence-corrected chi connectivity index (χ1v) is 6.78. The van der Waals surface area contributed by atoms with Crippen LogP contribution >= 0.6 is 0 Å². The molecule has 0 aliphatic carbocycles. The summed E-state index contributed by atoms with van der Waals surface area (Å²) in [5, 5.41) is 3.37. The zero-order valence-corrected chi connectivity index (χ0v) is 10.8. The van der Waals surface area contributed by atoms with E-state index in [4.69, 9.17) is 4.74 Å². The molecule has 0 spiro atoms. The summed E-state index contributed by atoms with van der Waals surface area (Å²) in [6, 6.07) is 4.61. The van der Waals surface area contributed by atoms with Crippen molar-refractivity contribution >= 4 is 11.0 Å². The fourth-order valence-corrected chi connectivity index (χ4v) is 2.43. The zero-order chi connectivity index (χ0) is 13.1. The van der Waals surface area contributed by atoms with Gasteiger partial charge in [0.2, 0.25) is 0 Å². The number of aromatic nitrogens is 2. The van der Waals surface area contributed by atoms with Crippen molar-refractivity contribution in [2.45, 2.75) is 25.4 Å². The largest absolute Gasteiger partial charge is 0.377 e. The highest BCUT2D eigenvalue weighted by atomic mass is 19.1. The zero-order valence-electron chi connectivity index (χ0n) is 10.8. The number of rotatable bonds is 5. The van der Waals surface area contributed by atoms with Gasteiger partial charge in [-0.15, -0.1) is 0 Å². The second kappa shape index (κ2) is 5.67. The molecule has 1 aliphatic heterocycles. The predicted octanol–water partition coefficient (Wildman–Crippen LogP) is 2.01. The Morgan fingerprint density at radius 3 is 3.26 bits per heavy atom. The average molecular weight is 263 g/mol. The van der Waals surface area contributed by atoms with Crippen molar-refractivity contribution in [3.8, 4) is 0 Å². The number of ether oxygens (including phenoxy) is 1. The molecule has 1 aromatic carbocycles. The SMILES string of the molecule is Fc1ccc2nc(CCNCC3CCCO3)[nH]c2c1. The van der Waals surface area contributed by atoms with Crippen LogP contribution in [0.15, 0.2) is 18.2 Å². The van der Waals surface area contributed by atoms with E-state index in [1.807, 2.05) is 0 Å². The van der Waals surface area contributed by atoms with E-state index in [0.29, 0.717) is 6.10 Å². The standard InChI is InChI=1S/C14H18FN3O/c15-10-3-4-12-13(8-10)18-14(17-12)5-6-16-9-11-2-1-7-19-11/h3-4,8,11,16H,1-2,5-7,9H2,(H,17,18). The second-order valence-corrected chi connectivity index (χ2v) is 4.93. The van der Waals surface area contributed by atoms with Crippen LogP contribution < -0.4 is 5.32 Å². The van der Waals surface area contributed by atoms with Gasteiger partial charge in [-0.05, 0) is 31.0 Å². The van der Waals surface area contributed by atoms with Gasteiger partial charge in [0.05, 0.1) is 17.1 Å². The molecule has 3 rings (SSSR count). The van der Waals surface area contributed by atoms with Gasteiger partial charge >= 0.3 is 0 Å². The minimum Gasteiger partial charge on any atom is -0.377 e. The molecule has 0 radical (unpaired) electrons. The smallest absolute Gasteiger partial charge is 0.125 e. The number of nitrogens with zero attached hydrogens (tertiary/aromatic N) is 1. The van der Waals surface area contributed by atoms with Gasteiger partial charge in [0.25, 0.3) is 0 Å². The molecule has 0 amide bonds. The lowest BCUT2D eigenvalue weighted by Crippen LogP contribution is -2.28. The average Bonchev–Trinajstić information content (AvgIpc) is 3.02. The Morgan fingerprint density at radius 2 is 2.42 bits per heavy atom. The van der Waals surface area contributed by atoms with Crippen molar-refractivity contribution < 1.29 is 9.13 Å². The molecule has 19 heavy (non-hydrogen) atoms. The Kier molecular flexibility index (Phi) is 3.75. The van der Waals surface area contributed by atoms with Gasteiger partial charge in [-0.2, -0.15) is 0 Å². The van der Waals surface area contributed by atoms with Crippen LogP contribution in [0.5, 0.6) is 0 Å². The molecule has 1 aromatic heterocycles. The first-order valence-electron chi connectivity index (χ1n) is 6.78. The molecule has 5 heteroatoms. The molecule has 0 saturated carbocycles. The Bertz CT molecular complexity index is 549. The molecule has 1 saturated heterocycles. The number of aromatic amines is 1. The maximum Gasteiger partial charge on any atom is 0.125 e. The molecule has 2 aromatic rings. The van der Waals surface area contributed by atoms with Crippen LogP contribution in [0.3, 0.4) is 0 Å². The number of benzene rings is 1. The van der Waals surface area contributed by atoms with Crippen molar-refractivity contribution in [3.05, 3.63) is 29.8 Å². The molecule has 2 heterocycles. The number of hydrogen-bond acceptors (Lipinski definition) is 3. The van der Waals surface area contributed by atoms with Gasteiger partial charge in [0, 0.05) is 26.1 Å². The summed E-state index contributed by atoms with van der Waals surface area (Å²) in [4.78, 5) is 7.57. The lowest BCUT2D eigenvalue weighted by molar-refractivity contribution is 0.110. The highest BCUT2D eigenvalue weighted by molar-refractivity contribution is 5.74. The van der Waals surface area contributed by atoms with Crippen LogP contribution in [0.1, 0.15) is 18.7 Å². The van der Waals surface area contributed by atoms with Gasteiger partial charge in [-0.1, -0.05) is 0 Å². The molecule has 2 N–H and O–H groups in total. The minimum atomic E-state index is -0.237. The first-order chi connectivity index (χ1) is 9.31. The molecule has 0 bridgehead atoms. The molecule has 4 nitrogen and oxygen atoms in total. The summed E-state index contributed by atoms with van der Waals surface area (Å²) in [5.74, 6) is 0.652. The molecular formula is C14H18FN3O. The number of imidazole rings is 1.